The van der Waals surface area contributed by atoms with Gasteiger partial charge in [-0.2, -0.15) is 0 Å². The summed E-state index contributed by atoms with van der Waals surface area (Å²) in [6.45, 7) is 2.51. The Labute approximate surface area is 517 Å². The summed E-state index contributed by atoms with van der Waals surface area (Å²) in [5.74, 6) is -4.79. The molecule has 33 heteroatoms. The van der Waals surface area contributed by atoms with Crippen LogP contribution in [-0.2, 0) is 71.5 Å². The minimum absolute atomic E-state index is 0.123. The van der Waals surface area contributed by atoms with Gasteiger partial charge >= 0.3 is 0 Å². The lowest BCUT2D eigenvalue weighted by molar-refractivity contribution is -0.270. The average molecular weight is 1290 g/mol. The first-order valence-electron chi connectivity index (χ1n) is 30.6. The van der Waals surface area contributed by atoms with Crippen molar-refractivity contribution >= 4 is 47.3 Å². The molecule has 33 nitrogen and oxygen atoms in total. The van der Waals surface area contributed by atoms with E-state index in [-0.39, 0.29) is 71.7 Å². The number of nitrogens with one attached hydrogen (secondary N) is 8. The Morgan fingerprint density at radius 3 is 1.09 bits per heavy atom. The molecular formula is C56H100N8O25. The molecule has 0 saturated carbocycles. The fourth-order valence-electron chi connectivity index (χ4n) is 10.0. The molecule has 3 heterocycles. The summed E-state index contributed by atoms with van der Waals surface area (Å²) in [5, 5.41) is 122. The third kappa shape index (κ3) is 28.2. The number of ether oxygens (including phenoxy) is 7. The van der Waals surface area contributed by atoms with Gasteiger partial charge in [0.05, 0.1) is 26.4 Å². The van der Waals surface area contributed by atoms with Crippen LogP contribution in [0.4, 0.5) is 0 Å². The van der Waals surface area contributed by atoms with E-state index in [1.165, 1.54) is 27.9 Å². The SMILES string of the molecule is COCC(O)C(=O)NC(CCC(=O)NC(CCC(=O)NCCCCCCOC1OC(CO)C(O)C(O)C1NC(C)=O)C(=O)NCCCCCCOC1OC(CO)C(O)C(O)C1NC(C)=O)C(=O)NCCCCCCOC1OC(CO)C(O)C(O)C1NC(C)=O. The van der Waals surface area contributed by atoms with E-state index in [0.29, 0.717) is 77.0 Å². The number of hydrogen-bond acceptors (Lipinski definition) is 25. The number of aliphatic hydroxyl groups excluding tert-OH is 10. The van der Waals surface area contributed by atoms with Crippen LogP contribution in [0.1, 0.15) is 124 Å². The van der Waals surface area contributed by atoms with Gasteiger partial charge in [0.15, 0.2) is 25.0 Å². The predicted molar refractivity (Wildman–Crippen MR) is 309 cm³/mol. The van der Waals surface area contributed by atoms with Crippen LogP contribution in [0, 0.1) is 0 Å². The Hall–Kier alpha value is -4.92. The first kappa shape index (κ1) is 78.3. The van der Waals surface area contributed by atoms with Crippen LogP contribution < -0.4 is 42.5 Å². The monoisotopic (exact) mass is 1280 g/mol. The Balaban J connectivity index is 1.55. The Morgan fingerprint density at radius 2 is 0.753 bits per heavy atom. The van der Waals surface area contributed by atoms with E-state index < -0.39 is 177 Å². The highest BCUT2D eigenvalue weighted by atomic mass is 16.7. The van der Waals surface area contributed by atoms with Gasteiger partial charge in [0.2, 0.25) is 41.4 Å². The maximum absolute atomic E-state index is 13.7. The van der Waals surface area contributed by atoms with Crippen molar-refractivity contribution < 1.29 is 123 Å². The van der Waals surface area contributed by atoms with E-state index in [9.17, 15) is 89.4 Å². The van der Waals surface area contributed by atoms with Crippen molar-refractivity contribution in [2.75, 3.05) is 73.0 Å². The molecule has 89 heavy (non-hydrogen) atoms. The van der Waals surface area contributed by atoms with Gasteiger partial charge < -0.3 is 127 Å². The molecule has 18 N–H and O–H groups in total. The summed E-state index contributed by atoms with van der Waals surface area (Å²) in [7, 11) is 1.26. The summed E-state index contributed by atoms with van der Waals surface area (Å²) < 4.78 is 38.9. The summed E-state index contributed by atoms with van der Waals surface area (Å²) >= 11 is 0. The molecule has 3 fully saturated rings. The van der Waals surface area contributed by atoms with Crippen LogP contribution in [0.2, 0.25) is 0 Å². The number of hydrogen-bond donors (Lipinski definition) is 18. The molecule has 18 atom stereocenters. The molecule has 0 aromatic carbocycles. The highest BCUT2D eigenvalue weighted by Gasteiger charge is 2.48. The Morgan fingerprint density at radius 1 is 0.427 bits per heavy atom. The summed E-state index contributed by atoms with van der Waals surface area (Å²) in [5.41, 5.74) is 0. The van der Waals surface area contributed by atoms with Crippen LogP contribution in [-0.4, -0.2) is 281 Å². The van der Waals surface area contributed by atoms with Crippen molar-refractivity contribution in [2.24, 2.45) is 0 Å². The molecule has 514 valence electrons. The summed E-state index contributed by atoms with van der Waals surface area (Å²) in [4.78, 5) is 102. The number of methoxy groups -OCH3 is 1. The number of carbonyl (C=O) groups excluding carboxylic acids is 8. The molecule has 3 saturated heterocycles. The highest BCUT2D eigenvalue weighted by molar-refractivity contribution is 5.91. The fraction of sp³-hybridized carbons (Fsp3) is 0.857. The second-order valence-electron chi connectivity index (χ2n) is 22.3. The zero-order valence-electron chi connectivity index (χ0n) is 51.4. The highest BCUT2D eigenvalue weighted by Crippen LogP contribution is 2.25. The summed E-state index contributed by atoms with van der Waals surface area (Å²) in [6.07, 6.45) is -11.5. The lowest BCUT2D eigenvalue weighted by atomic mass is 9.97. The Bertz CT molecular complexity index is 2130. The number of unbranched alkanes of at least 4 members (excludes halogenated alkanes) is 9. The van der Waals surface area contributed by atoms with Gasteiger partial charge in [-0.1, -0.05) is 38.5 Å². The van der Waals surface area contributed by atoms with Crippen LogP contribution in [0.3, 0.4) is 0 Å². The molecule has 0 spiro atoms. The minimum Gasteiger partial charge on any atom is -0.394 e. The first-order valence-corrected chi connectivity index (χ1v) is 30.6. The zero-order valence-corrected chi connectivity index (χ0v) is 51.4. The topological polar surface area (TPSA) is 500 Å². The maximum Gasteiger partial charge on any atom is 0.251 e. The number of aliphatic hydroxyl groups is 10. The van der Waals surface area contributed by atoms with Gasteiger partial charge in [-0.05, 0) is 51.4 Å². The maximum atomic E-state index is 13.7. The fourth-order valence-corrected chi connectivity index (χ4v) is 10.0. The van der Waals surface area contributed by atoms with Gasteiger partial charge in [-0.3, -0.25) is 38.4 Å². The van der Waals surface area contributed by atoms with Crippen LogP contribution in [0.25, 0.3) is 0 Å². The third-order valence-electron chi connectivity index (χ3n) is 15.0. The molecule has 0 bridgehead atoms. The zero-order chi connectivity index (χ0) is 66.0. The van der Waals surface area contributed by atoms with Gasteiger partial charge in [0.1, 0.15) is 85.1 Å². The van der Waals surface area contributed by atoms with Crippen LogP contribution in [0.5, 0.6) is 0 Å². The normalized spacial score (nSPS) is 27.9. The second-order valence-corrected chi connectivity index (χ2v) is 22.3. The van der Waals surface area contributed by atoms with E-state index in [1.54, 1.807) is 0 Å². The van der Waals surface area contributed by atoms with Crippen LogP contribution >= 0.6 is 0 Å². The van der Waals surface area contributed by atoms with Gasteiger partial charge in [-0.15, -0.1) is 0 Å². The van der Waals surface area contributed by atoms with Crippen molar-refractivity contribution in [3.05, 3.63) is 0 Å². The minimum atomic E-state index is -1.65. The lowest BCUT2D eigenvalue weighted by Crippen LogP contribution is -2.64. The molecule has 0 aromatic heterocycles. The molecule has 0 aliphatic carbocycles. The van der Waals surface area contributed by atoms with E-state index in [1.807, 2.05) is 0 Å². The van der Waals surface area contributed by atoms with Crippen molar-refractivity contribution in [2.45, 2.75) is 234 Å². The van der Waals surface area contributed by atoms with Crippen molar-refractivity contribution in [3.8, 4) is 0 Å². The number of rotatable bonds is 43. The molecule has 3 aliphatic heterocycles. The molecular weight excluding hydrogens is 1180 g/mol. The van der Waals surface area contributed by atoms with Gasteiger partial charge in [-0.25, -0.2) is 0 Å². The van der Waals surface area contributed by atoms with E-state index >= 15 is 0 Å². The lowest BCUT2D eigenvalue weighted by Gasteiger charge is -2.42. The quantitative estimate of drug-likeness (QED) is 0.0252. The first-order chi connectivity index (χ1) is 42.5. The predicted octanol–water partition coefficient (Wildman–Crippen LogP) is -6.57. The van der Waals surface area contributed by atoms with Gasteiger partial charge in [0, 0.05) is 80.2 Å². The standard InChI is InChI=1S/C56H100N8O25/c1-31(68)60-42-48(77)45(74)37(27-65)87-54(42)84-24-14-8-5-11-21-57-40(72)19-17-34(51(80)58-22-12-6-9-15-25-85-55-43(61-32(2)69)49(78)46(75)38(28-66)88-55)63-41(73)20-18-35(64-53(82)36(71)30-83-4)52(81)59-23-13-7-10-16-26-86-56-44(62-33(3)70)50(79)47(76)39(29-67)89-56/h34-39,42-50,54-56,65-67,71,74-79H,5-30H2,1-4H3,(H,57,72)(H,58,80)(H,59,81)(H,60,68)(H,61,69)(H,62,70)(H,63,73)(H,64,82). The Kier molecular flexibility index (Phi) is 37.8. The van der Waals surface area contributed by atoms with Crippen molar-refractivity contribution in [1.29, 1.82) is 0 Å². The average Bonchev–Trinajstić information content (AvgIpc) is 3.07. The summed E-state index contributed by atoms with van der Waals surface area (Å²) in [6, 6.07) is -5.80. The van der Waals surface area contributed by atoms with Gasteiger partial charge in [0.25, 0.3) is 5.91 Å². The molecule has 3 rings (SSSR count). The smallest absolute Gasteiger partial charge is 0.251 e. The van der Waals surface area contributed by atoms with E-state index in [0.717, 1.165) is 0 Å². The molecule has 0 radical (unpaired) electrons. The third-order valence-corrected chi connectivity index (χ3v) is 15.0. The van der Waals surface area contributed by atoms with E-state index in [4.69, 9.17) is 33.2 Å². The molecule has 8 amide bonds. The number of amides is 8. The molecule has 18 unspecified atom stereocenters. The number of carbonyl (C=O) groups is 8. The molecule has 3 aliphatic rings. The van der Waals surface area contributed by atoms with Crippen molar-refractivity contribution in [1.82, 2.24) is 42.5 Å². The molecule has 0 aromatic rings. The van der Waals surface area contributed by atoms with Crippen molar-refractivity contribution in [3.63, 3.8) is 0 Å². The second kappa shape index (κ2) is 43.0. The van der Waals surface area contributed by atoms with E-state index in [2.05, 4.69) is 42.5 Å². The van der Waals surface area contributed by atoms with Crippen LogP contribution in [0.15, 0.2) is 0 Å². The largest absolute Gasteiger partial charge is 0.394 e.